The summed E-state index contributed by atoms with van der Waals surface area (Å²) in [4.78, 5) is 17.2. The van der Waals surface area contributed by atoms with Crippen LogP contribution in [0.3, 0.4) is 0 Å². The van der Waals surface area contributed by atoms with Gasteiger partial charge in [-0.2, -0.15) is 0 Å². The summed E-state index contributed by atoms with van der Waals surface area (Å²) in [6, 6.07) is 4.33. The Morgan fingerprint density at radius 3 is 2.70 bits per heavy atom. The maximum atomic E-state index is 14.1. The molecular formula is C17H18F2N2O2. The van der Waals surface area contributed by atoms with E-state index in [0.29, 0.717) is 5.69 Å². The number of nitrogens with one attached hydrogen (secondary N) is 1. The first-order valence-electron chi connectivity index (χ1n) is 7.47. The summed E-state index contributed by atoms with van der Waals surface area (Å²) in [5.74, 6) is -1.47. The molecule has 2 atom stereocenters. The molecule has 1 aromatic heterocycles. The fourth-order valence-corrected chi connectivity index (χ4v) is 3.20. The molecule has 122 valence electrons. The van der Waals surface area contributed by atoms with Crippen molar-refractivity contribution in [3.63, 3.8) is 0 Å². The Kier molecular flexibility index (Phi) is 3.93. The molecule has 0 saturated carbocycles. The monoisotopic (exact) mass is 320 g/mol. The fourth-order valence-electron chi connectivity index (χ4n) is 3.20. The number of benzene rings is 1. The first-order chi connectivity index (χ1) is 10.9. The number of hydrogen-bond donors (Lipinski definition) is 2. The highest BCUT2D eigenvalue weighted by Gasteiger charge is 2.38. The molecule has 1 aliphatic rings. The molecule has 2 N–H and O–H groups in total. The third-order valence-electron chi connectivity index (χ3n) is 4.22. The third kappa shape index (κ3) is 2.86. The van der Waals surface area contributed by atoms with Crippen LogP contribution < -0.4 is 0 Å². The highest BCUT2D eigenvalue weighted by molar-refractivity contribution is 5.94. The number of amides is 1. The highest BCUT2D eigenvalue weighted by Crippen LogP contribution is 2.35. The number of rotatable bonds is 2. The van der Waals surface area contributed by atoms with Gasteiger partial charge in [-0.1, -0.05) is 0 Å². The Morgan fingerprint density at radius 2 is 2.04 bits per heavy atom. The lowest BCUT2D eigenvalue weighted by molar-refractivity contribution is 0.0707. The molecule has 0 unspecified atom stereocenters. The number of aliphatic hydroxyl groups is 1. The summed E-state index contributed by atoms with van der Waals surface area (Å²) in [5.41, 5.74) is 2.14. The lowest BCUT2D eigenvalue weighted by Gasteiger charge is -2.25. The number of hydrogen-bond acceptors (Lipinski definition) is 2. The maximum Gasteiger partial charge on any atom is 0.271 e. The van der Waals surface area contributed by atoms with Crippen LogP contribution in [0.25, 0.3) is 0 Å². The van der Waals surface area contributed by atoms with Crippen LogP contribution in [0.15, 0.2) is 24.3 Å². The van der Waals surface area contributed by atoms with Gasteiger partial charge in [-0.3, -0.25) is 4.79 Å². The average Bonchev–Trinajstić information content (AvgIpc) is 3.03. The molecule has 2 aromatic rings. The normalized spacial score (nSPS) is 21.0. The highest BCUT2D eigenvalue weighted by atomic mass is 19.1. The van der Waals surface area contributed by atoms with Crippen LogP contribution in [0.5, 0.6) is 0 Å². The van der Waals surface area contributed by atoms with Gasteiger partial charge in [-0.05, 0) is 50.1 Å². The maximum absolute atomic E-state index is 14.1. The summed E-state index contributed by atoms with van der Waals surface area (Å²) in [6.07, 6.45) is -0.576. The topological polar surface area (TPSA) is 56.3 Å². The molecule has 6 heteroatoms. The van der Waals surface area contributed by atoms with Crippen molar-refractivity contribution >= 4 is 5.91 Å². The second-order valence-corrected chi connectivity index (χ2v) is 6.04. The minimum atomic E-state index is -0.761. The van der Waals surface area contributed by atoms with Crippen LogP contribution in [0.4, 0.5) is 8.78 Å². The molecular weight excluding hydrogens is 302 g/mol. The quantitative estimate of drug-likeness (QED) is 0.894. The molecule has 2 heterocycles. The number of carbonyl (C=O) groups is 1. The predicted octanol–water partition coefficient (Wildman–Crippen LogP) is 2.86. The van der Waals surface area contributed by atoms with Gasteiger partial charge in [0.1, 0.15) is 17.3 Å². The zero-order chi connectivity index (χ0) is 16.7. The second-order valence-electron chi connectivity index (χ2n) is 6.04. The zero-order valence-corrected chi connectivity index (χ0v) is 12.9. The molecule has 1 saturated heterocycles. The molecule has 0 bridgehead atoms. The Bertz CT molecular complexity index is 757. The molecule has 1 aliphatic heterocycles. The predicted molar refractivity (Wildman–Crippen MR) is 81.0 cm³/mol. The largest absolute Gasteiger partial charge is 0.391 e. The number of aromatic nitrogens is 1. The molecule has 1 fully saturated rings. The van der Waals surface area contributed by atoms with Crippen molar-refractivity contribution in [2.24, 2.45) is 0 Å². The van der Waals surface area contributed by atoms with Gasteiger partial charge >= 0.3 is 0 Å². The van der Waals surface area contributed by atoms with Gasteiger partial charge in [0.15, 0.2) is 0 Å². The zero-order valence-electron chi connectivity index (χ0n) is 12.9. The number of carbonyl (C=O) groups excluding carboxylic acids is 1. The minimum Gasteiger partial charge on any atom is -0.391 e. The van der Waals surface area contributed by atoms with Crippen LogP contribution >= 0.6 is 0 Å². The Labute approximate surface area is 132 Å². The molecule has 1 amide bonds. The number of H-pyrrole nitrogens is 1. The number of halogens is 2. The average molecular weight is 320 g/mol. The van der Waals surface area contributed by atoms with E-state index in [4.69, 9.17) is 0 Å². The van der Waals surface area contributed by atoms with Gasteiger partial charge in [-0.25, -0.2) is 8.78 Å². The van der Waals surface area contributed by atoms with Crippen molar-refractivity contribution in [1.29, 1.82) is 0 Å². The van der Waals surface area contributed by atoms with E-state index in [9.17, 15) is 18.7 Å². The van der Waals surface area contributed by atoms with Gasteiger partial charge in [0, 0.05) is 17.8 Å². The summed E-state index contributed by atoms with van der Waals surface area (Å²) in [6.45, 7) is 3.74. The summed E-state index contributed by atoms with van der Waals surface area (Å²) in [7, 11) is 0. The lowest BCUT2D eigenvalue weighted by atomic mass is 10.0. The fraction of sp³-hybridized carbons (Fsp3) is 0.353. The second kappa shape index (κ2) is 5.77. The number of aliphatic hydroxyl groups excluding tert-OH is 1. The van der Waals surface area contributed by atoms with Crippen LogP contribution in [0.2, 0.25) is 0 Å². The Hall–Kier alpha value is -2.21. The van der Waals surface area contributed by atoms with Gasteiger partial charge in [0.25, 0.3) is 5.91 Å². The number of aryl methyl sites for hydroxylation is 2. The van der Waals surface area contributed by atoms with E-state index in [2.05, 4.69) is 4.98 Å². The van der Waals surface area contributed by atoms with Gasteiger partial charge in [0.05, 0.1) is 12.1 Å². The number of aromatic amines is 1. The molecule has 4 nitrogen and oxygen atoms in total. The minimum absolute atomic E-state index is 0.0934. The van der Waals surface area contributed by atoms with Crippen LogP contribution in [0.1, 0.15) is 39.8 Å². The Morgan fingerprint density at radius 1 is 1.30 bits per heavy atom. The smallest absolute Gasteiger partial charge is 0.271 e. The van der Waals surface area contributed by atoms with E-state index < -0.39 is 23.8 Å². The van der Waals surface area contributed by atoms with E-state index in [1.165, 1.54) is 4.90 Å². The first kappa shape index (κ1) is 15.7. The molecule has 0 radical (unpaired) electrons. The SMILES string of the molecule is Cc1cc(C)c(C(=O)N2C[C@@H](O)C[C@@H]2c2cc(F)ccc2F)[nH]1. The molecule has 1 aromatic carbocycles. The van der Waals surface area contributed by atoms with Gasteiger partial charge in [-0.15, -0.1) is 0 Å². The van der Waals surface area contributed by atoms with Crippen molar-refractivity contribution in [1.82, 2.24) is 9.88 Å². The van der Waals surface area contributed by atoms with E-state index >= 15 is 0 Å². The number of β-amino-alcohol motifs (C(OH)–C–C–N with tert-alkyl or cyclic N) is 1. The van der Waals surface area contributed by atoms with Crippen molar-refractivity contribution in [3.05, 3.63) is 58.4 Å². The van der Waals surface area contributed by atoms with Gasteiger partial charge < -0.3 is 15.0 Å². The third-order valence-corrected chi connectivity index (χ3v) is 4.22. The van der Waals surface area contributed by atoms with Crippen molar-refractivity contribution < 1.29 is 18.7 Å². The lowest BCUT2D eigenvalue weighted by Crippen LogP contribution is -2.32. The number of nitrogens with zero attached hydrogens (tertiary/aromatic N) is 1. The van der Waals surface area contributed by atoms with E-state index in [1.807, 2.05) is 13.0 Å². The number of likely N-dealkylation sites (tertiary alicyclic amines) is 1. The van der Waals surface area contributed by atoms with Crippen LogP contribution in [-0.2, 0) is 0 Å². The van der Waals surface area contributed by atoms with Crippen molar-refractivity contribution in [3.8, 4) is 0 Å². The van der Waals surface area contributed by atoms with Crippen molar-refractivity contribution in [2.75, 3.05) is 6.54 Å². The summed E-state index contributed by atoms with van der Waals surface area (Å²) in [5, 5.41) is 9.94. The summed E-state index contributed by atoms with van der Waals surface area (Å²) >= 11 is 0. The van der Waals surface area contributed by atoms with Crippen molar-refractivity contribution in [2.45, 2.75) is 32.4 Å². The summed E-state index contributed by atoms with van der Waals surface area (Å²) < 4.78 is 27.6. The first-order valence-corrected chi connectivity index (χ1v) is 7.47. The molecule has 23 heavy (non-hydrogen) atoms. The standard InChI is InChI=1S/C17H18F2N2O2/c1-9-5-10(2)20-16(9)17(23)21-8-12(22)7-15(21)13-6-11(18)3-4-14(13)19/h3-6,12,15,20,22H,7-8H2,1-2H3/t12-,15+/m0/s1. The van der Waals surface area contributed by atoms with E-state index in [-0.39, 0.29) is 24.4 Å². The van der Waals surface area contributed by atoms with Gasteiger partial charge in [0.2, 0.25) is 0 Å². The van der Waals surface area contributed by atoms with E-state index in [1.54, 1.807) is 6.92 Å². The molecule has 0 aliphatic carbocycles. The van der Waals surface area contributed by atoms with Crippen LogP contribution in [-0.4, -0.2) is 33.5 Å². The van der Waals surface area contributed by atoms with E-state index in [0.717, 1.165) is 29.5 Å². The molecule has 3 rings (SSSR count). The Balaban J connectivity index is 1.98. The molecule has 0 spiro atoms. The van der Waals surface area contributed by atoms with Crippen LogP contribution in [0, 0.1) is 25.5 Å².